The maximum atomic E-state index is 6.40. The van der Waals surface area contributed by atoms with Gasteiger partial charge in [-0.25, -0.2) is 0 Å². The van der Waals surface area contributed by atoms with Crippen LogP contribution in [-0.4, -0.2) is 0 Å². The molecule has 0 aliphatic heterocycles. The van der Waals surface area contributed by atoms with Gasteiger partial charge < -0.3 is 0 Å². The zero-order chi connectivity index (χ0) is 19.6. The predicted molar refractivity (Wildman–Crippen MR) is 125 cm³/mol. The van der Waals surface area contributed by atoms with Crippen molar-refractivity contribution in [3.63, 3.8) is 0 Å². The standard InChI is InChI=1S/C28H19Cl/c29-23-17-18-25(27(19-23)21-11-5-2-6-12-21)26-16-8-14-22-13-7-15-24(28(22)26)20-9-3-1-4-10-20/h1-19H. The number of hydrogen-bond acceptors (Lipinski definition) is 0. The third-order valence-corrected chi connectivity index (χ3v) is 5.58. The Balaban J connectivity index is 1.84. The van der Waals surface area contributed by atoms with Gasteiger partial charge in [0, 0.05) is 5.02 Å². The van der Waals surface area contributed by atoms with E-state index >= 15 is 0 Å². The van der Waals surface area contributed by atoms with Crippen molar-refractivity contribution in [3.05, 3.63) is 120 Å². The lowest BCUT2D eigenvalue weighted by molar-refractivity contribution is 1.59. The highest BCUT2D eigenvalue weighted by molar-refractivity contribution is 6.31. The molecule has 0 radical (unpaired) electrons. The van der Waals surface area contributed by atoms with E-state index in [4.69, 9.17) is 11.6 Å². The molecule has 0 atom stereocenters. The van der Waals surface area contributed by atoms with Crippen LogP contribution < -0.4 is 0 Å². The molecule has 0 heterocycles. The molecule has 5 aromatic rings. The average Bonchev–Trinajstić information content (AvgIpc) is 2.79. The van der Waals surface area contributed by atoms with Crippen molar-refractivity contribution >= 4 is 22.4 Å². The Bertz CT molecular complexity index is 1280. The smallest absolute Gasteiger partial charge is 0.0412 e. The number of halogens is 1. The van der Waals surface area contributed by atoms with Gasteiger partial charge in [0.2, 0.25) is 0 Å². The molecule has 0 saturated carbocycles. The van der Waals surface area contributed by atoms with Crippen molar-refractivity contribution in [2.24, 2.45) is 0 Å². The zero-order valence-electron chi connectivity index (χ0n) is 15.8. The fourth-order valence-electron chi connectivity index (χ4n) is 4.03. The summed E-state index contributed by atoms with van der Waals surface area (Å²) in [5, 5.41) is 3.25. The molecule has 0 aromatic heterocycles. The van der Waals surface area contributed by atoms with Crippen LogP contribution in [0, 0.1) is 0 Å². The molecule has 0 aliphatic rings. The van der Waals surface area contributed by atoms with Gasteiger partial charge in [0.1, 0.15) is 0 Å². The van der Waals surface area contributed by atoms with Crippen LogP contribution in [0.3, 0.4) is 0 Å². The molecule has 0 bridgehead atoms. The van der Waals surface area contributed by atoms with E-state index in [1.54, 1.807) is 0 Å². The largest absolute Gasteiger partial charge is 0.0843 e. The average molecular weight is 391 g/mol. The van der Waals surface area contributed by atoms with Crippen molar-refractivity contribution in [3.8, 4) is 33.4 Å². The number of fused-ring (bicyclic) bond motifs is 1. The van der Waals surface area contributed by atoms with Crippen LogP contribution in [-0.2, 0) is 0 Å². The molecular formula is C28H19Cl. The van der Waals surface area contributed by atoms with E-state index in [-0.39, 0.29) is 0 Å². The number of hydrogen-bond donors (Lipinski definition) is 0. The summed E-state index contributed by atoms with van der Waals surface area (Å²) in [6.07, 6.45) is 0. The van der Waals surface area contributed by atoms with Crippen molar-refractivity contribution in [1.82, 2.24) is 0 Å². The molecule has 5 aromatic carbocycles. The monoisotopic (exact) mass is 390 g/mol. The summed E-state index contributed by atoms with van der Waals surface area (Å²) in [7, 11) is 0. The molecule has 29 heavy (non-hydrogen) atoms. The summed E-state index contributed by atoms with van der Waals surface area (Å²) in [4.78, 5) is 0. The fourth-order valence-corrected chi connectivity index (χ4v) is 4.20. The van der Waals surface area contributed by atoms with Crippen molar-refractivity contribution < 1.29 is 0 Å². The Labute approximate surface area is 176 Å². The van der Waals surface area contributed by atoms with E-state index in [2.05, 4.69) is 103 Å². The second kappa shape index (κ2) is 7.58. The number of rotatable bonds is 3. The van der Waals surface area contributed by atoms with Crippen LogP contribution in [0.2, 0.25) is 5.02 Å². The Morgan fingerprint density at radius 1 is 0.414 bits per heavy atom. The van der Waals surface area contributed by atoms with Crippen molar-refractivity contribution in [1.29, 1.82) is 0 Å². The minimum absolute atomic E-state index is 0.746. The molecule has 0 aliphatic carbocycles. The Kier molecular flexibility index (Phi) is 4.63. The second-order valence-electron chi connectivity index (χ2n) is 7.13. The Morgan fingerprint density at radius 3 is 1.66 bits per heavy atom. The molecule has 0 nitrogen and oxygen atoms in total. The molecule has 0 unspecified atom stereocenters. The third kappa shape index (κ3) is 3.33. The van der Waals surface area contributed by atoms with Crippen molar-refractivity contribution in [2.75, 3.05) is 0 Å². The van der Waals surface area contributed by atoms with Crippen LogP contribution in [0.4, 0.5) is 0 Å². The van der Waals surface area contributed by atoms with E-state index in [0.29, 0.717) is 0 Å². The highest BCUT2D eigenvalue weighted by Gasteiger charge is 2.14. The summed E-state index contributed by atoms with van der Waals surface area (Å²) in [5.74, 6) is 0. The summed E-state index contributed by atoms with van der Waals surface area (Å²) in [6, 6.07) is 40.3. The first-order chi connectivity index (χ1) is 14.3. The minimum atomic E-state index is 0.746. The lowest BCUT2D eigenvalue weighted by Gasteiger charge is -2.16. The van der Waals surface area contributed by atoms with Gasteiger partial charge in [0.25, 0.3) is 0 Å². The van der Waals surface area contributed by atoms with Gasteiger partial charge in [0.05, 0.1) is 0 Å². The summed E-state index contributed by atoms with van der Waals surface area (Å²) >= 11 is 6.40. The van der Waals surface area contributed by atoms with Gasteiger partial charge in [-0.2, -0.15) is 0 Å². The minimum Gasteiger partial charge on any atom is -0.0843 e. The number of benzene rings is 5. The van der Waals surface area contributed by atoms with Crippen LogP contribution in [0.5, 0.6) is 0 Å². The van der Waals surface area contributed by atoms with Gasteiger partial charge in [0.15, 0.2) is 0 Å². The lowest BCUT2D eigenvalue weighted by Crippen LogP contribution is -1.89. The van der Waals surface area contributed by atoms with Crippen LogP contribution >= 0.6 is 11.6 Å². The van der Waals surface area contributed by atoms with Crippen LogP contribution in [0.15, 0.2) is 115 Å². The van der Waals surface area contributed by atoms with Gasteiger partial charge in [-0.15, -0.1) is 0 Å². The van der Waals surface area contributed by atoms with Gasteiger partial charge in [-0.05, 0) is 56.3 Å². The molecule has 1 heteroatoms. The third-order valence-electron chi connectivity index (χ3n) is 5.35. The van der Waals surface area contributed by atoms with Gasteiger partial charge >= 0.3 is 0 Å². The zero-order valence-corrected chi connectivity index (χ0v) is 16.6. The SMILES string of the molecule is Clc1ccc(-c2cccc3cccc(-c4ccccc4)c23)c(-c2ccccc2)c1. The van der Waals surface area contributed by atoms with E-state index < -0.39 is 0 Å². The van der Waals surface area contributed by atoms with E-state index in [1.165, 1.54) is 38.6 Å². The fraction of sp³-hybridized carbons (Fsp3) is 0. The maximum absolute atomic E-state index is 6.40. The molecule has 0 spiro atoms. The Morgan fingerprint density at radius 2 is 1.00 bits per heavy atom. The first kappa shape index (κ1) is 17.7. The second-order valence-corrected chi connectivity index (χ2v) is 7.57. The van der Waals surface area contributed by atoms with Crippen LogP contribution in [0.25, 0.3) is 44.2 Å². The predicted octanol–water partition coefficient (Wildman–Crippen LogP) is 8.49. The van der Waals surface area contributed by atoms with Gasteiger partial charge in [-0.1, -0.05) is 115 Å². The quantitative estimate of drug-likeness (QED) is 0.289. The molecule has 0 amide bonds. The first-order valence-electron chi connectivity index (χ1n) is 9.74. The molecule has 5 rings (SSSR count). The van der Waals surface area contributed by atoms with Crippen molar-refractivity contribution in [2.45, 2.75) is 0 Å². The molecule has 0 saturated heterocycles. The topological polar surface area (TPSA) is 0 Å². The van der Waals surface area contributed by atoms with Gasteiger partial charge in [-0.3, -0.25) is 0 Å². The Hall–Kier alpha value is -3.35. The highest BCUT2D eigenvalue weighted by atomic mass is 35.5. The van der Waals surface area contributed by atoms with E-state index in [9.17, 15) is 0 Å². The molecule has 0 fully saturated rings. The summed E-state index contributed by atoms with van der Waals surface area (Å²) in [5.41, 5.74) is 7.19. The molecule has 138 valence electrons. The first-order valence-corrected chi connectivity index (χ1v) is 10.1. The molecule has 0 N–H and O–H groups in total. The van der Waals surface area contributed by atoms with E-state index in [0.717, 1.165) is 10.6 Å². The van der Waals surface area contributed by atoms with E-state index in [1.807, 2.05) is 12.1 Å². The maximum Gasteiger partial charge on any atom is 0.0412 e. The van der Waals surface area contributed by atoms with Crippen LogP contribution in [0.1, 0.15) is 0 Å². The normalized spacial score (nSPS) is 10.9. The molecular weight excluding hydrogens is 372 g/mol. The highest BCUT2D eigenvalue weighted by Crippen LogP contribution is 2.41. The summed E-state index contributed by atoms with van der Waals surface area (Å²) in [6.45, 7) is 0. The lowest BCUT2D eigenvalue weighted by atomic mass is 9.88. The summed E-state index contributed by atoms with van der Waals surface area (Å²) < 4.78 is 0.